The molecule has 0 N–H and O–H groups in total. The second-order valence-corrected chi connectivity index (χ2v) is 5.80. The van der Waals surface area contributed by atoms with Crippen molar-refractivity contribution in [3.63, 3.8) is 0 Å². The fraction of sp³-hybridized carbons (Fsp3) is 0.111. The molecular weight excluding hydrogens is 324 g/mol. The van der Waals surface area contributed by atoms with Crippen LogP contribution in [0.25, 0.3) is 11.4 Å². The maximum atomic E-state index is 12.6. The first-order valence-corrected chi connectivity index (χ1v) is 8.26. The molecule has 3 aromatic rings. The van der Waals surface area contributed by atoms with Crippen LogP contribution in [0.4, 0.5) is 0 Å². The lowest BCUT2D eigenvalue weighted by Crippen LogP contribution is -2.15. The van der Waals surface area contributed by atoms with E-state index in [0.717, 1.165) is 5.56 Å². The Morgan fingerprint density at radius 2 is 1.92 bits per heavy atom. The Balaban J connectivity index is 2.08. The van der Waals surface area contributed by atoms with E-state index < -0.39 is 5.97 Å². The maximum Gasteiger partial charge on any atom is 0.357 e. The highest BCUT2D eigenvalue weighted by atomic mass is 32.1. The molecular formula is C18H14N2O3S. The van der Waals surface area contributed by atoms with Gasteiger partial charge in [0.05, 0.1) is 17.0 Å². The first-order chi connectivity index (χ1) is 11.7. The van der Waals surface area contributed by atoms with Gasteiger partial charge in [0.1, 0.15) is 0 Å². The predicted molar refractivity (Wildman–Crippen MR) is 91.2 cm³/mol. The Labute approximate surface area is 143 Å². The lowest BCUT2D eigenvalue weighted by atomic mass is 10.1. The van der Waals surface area contributed by atoms with Crippen LogP contribution in [0.5, 0.6) is 0 Å². The Morgan fingerprint density at radius 1 is 1.12 bits per heavy atom. The van der Waals surface area contributed by atoms with Crippen LogP contribution in [-0.4, -0.2) is 28.3 Å². The van der Waals surface area contributed by atoms with Crippen molar-refractivity contribution in [1.82, 2.24) is 9.97 Å². The maximum absolute atomic E-state index is 12.6. The van der Waals surface area contributed by atoms with E-state index in [2.05, 4.69) is 9.97 Å². The van der Waals surface area contributed by atoms with E-state index in [4.69, 9.17) is 4.74 Å². The predicted octanol–water partition coefficient (Wildman–Crippen LogP) is 3.61. The molecule has 3 rings (SSSR count). The van der Waals surface area contributed by atoms with E-state index in [1.807, 2.05) is 30.3 Å². The molecule has 0 spiro atoms. The highest BCUT2D eigenvalue weighted by molar-refractivity contribution is 7.12. The number of hydrogen-bond acceptors (Lipinski definition) is 6. The topological polar surface area (TPSA) is 69.2 Å². The van der Waals surface area contributed by atoms with Crippen LogP contribution in [-0.2, 0) is 4.74 Å². The van der Waals surface area contributed by atoms with Crippen LogP contribution in [0, 0.1) is 0 Å². The molecule has 0 bridgehead atoms. The zero-order chi connectivity index (χ0) is 16.9. The number of esters is 1. The van der Waals surface area contributed by atoms with Crippen molar-refractivity contribution in [2.75, 3.05) is 6.61 Å². The molecule has 0 atom stereocenters. The number of aromatic nitrogens is 2. The van der Waals surface area contributed by atoms with Gasteiger partial charge < -0.3 is 4.74 Å². The Hall–Kier alpha value is -2.86. The zero-order valence-corrected chi connectivity index (χ0v) is 13.7. The quantitative estimate of drug-likeness (QED) is 0.525. The number of hydrogen-bond donors (Lipinski definition) is 0. The molecule has 5 nitrogen and oxygen atoms in total. The average Bonchev–Trinajstić information content (AvgIpc) is 3.16. The fourth-order valence-electron chi connectivity index (χ4n) is 2.17. The summed E-state index contributed by atoms with van der Waals surface area (Å²) in [4.78, 5) is 33.9. The zero-order valence-electron chi connectivity index (χ0n) is 12.9. The number of benzene rings is 1. The van der Waals surface area contributed by atoms with Crippen LogP contribution in [0.3, 0.4) is 0 Å². The van der Waals surface area contributed by atoms with Gasteiger partial charge in [0, 0.05) is 11.8 Å². The lowest BCUT2D eigenvalue weighted by Gasteiger charge is -2.08. The highest BCUT2D eigenvalue weighted by Gasteiger charge is 2.23. The molecule has 0 amide bonds. The Bertz CT molecular complexity index is 861. The second-order valence-electron chi connectivity index (χ2n) is 4.85. The molecule has 0 saturated heterocycles. The first kappa shape index (κ1) is 16.0. The van der Waals surface area contributed by atoms with Gasteiger partial charge in [-0.2, -0.15) is 0 Å². The molecule has 6 heteroatoms. The molecule has 2 heterocycles. The van der Waals surface area contributed by atoms with Crippen molar-refractivity contribution in [3.05, 3.63) is 70.2 Å². The molecule has 0 fully saturated rings. The van der Waals surface area contributed by atoms with Crippen LogP contribution >= 0.6 is 11.3 Å². The standard InChI is InChI=1S/C18H14N2O3S/c1-2-23-18(22)15-13(16(21)14-9-6-10-24-14)11-19-17(20-15)12-7-4-3-5-8-12/h3-11H,2H2,1H3. The molecule has 0 saturated carbocycles. The molecule has 120 valence electrons. The SMILES string of the molecule is CCOC(=O)c1nc(-c2ccccc2)ncc1C(=O)c1cccs1. The summed E-state index contributed by atoms with van der Waals surface area (Å²) in [6.07, 6.45) is 1.39. The average molecular weight is 338 g/mol. The molecule has 0 aliphatic carbocycles. The van der Waals surface area contributed by atoms with E-state index in [9.17, 15) is 9.59 Å². The molecule has 1 aromatic carbocycles. The normalized spacial score (nSPS) is 10.4. The van der Waals surface area contributed by atoms with Gasteiger partial charge >= 0.3 is 5.97 Å². The largest absolute Gasteiger partial charge is 0.461 e. The minimum absolute atomic E-state index is 0.0101. The molecule has 0 unspecified atom stereocenters. The summed E-state index contributed by atoms with van der Waals surface area (Å²) in [5, 5.41) is 1.80. The monoisotopic (exact) mass is 338 g/mol. The van der Waals surface area contributed by atoms with Crippen molar-refractivity contribution in [3.8, 4) is 11.4 Å². The van der Waals surface area contributed by atoms with Gasteiger partial charge in [0.2, 0.25) is 5.78 Å². The van der Waals surface area contributed by atoms with Crippen molar-refractivity contribution >= 4 is 23.1 Å². The van der Waals surface area contributed by atoms with Crippen molar-refractivity contribution in [2.24, 2.45) is 0 Å². The van der Waals surface area contributed by atoms with Gasteiger partial charge in [-0.15, -0.1) is 11.3 Å². The summed E-state index contributed by atoms with van der Waals surface area (Å²) in [7, 11) is 0. The molecule has 0 aliphatic heterocycles. The van der Waals surface area contributed by atoms with Crippen molar-refractivity contribution in [2.45, 2.75) is 6.92 Å². The molecule has 0 radical (unpaired) electrons. The third-order valence-corrected chi connectivity index (χ3v) is 4.15. The number of carbonyl (C=O) groups excluding carboxylic acids is 2. The number of nitrogens with zero attached hydrogens (tertiary/aromatic N) is 2. The fourth-order valence-corrected chi connectivity index (χ4v) is 2.85. The van der Waals surface area contributed by atoms with Gasteiger partial charge in [0.15, 0.2) is 11.5 Å². The van der Waals surface area contributed by atoms with Gasteiger partial charge in [-0.1, -0.05) is 36.4 Å². The molecule has 0 aliphatic rings. The van der Waals surface area contributed by atoms with Crippen molar-refractivity contribution < 1.29 is 14.3 Å². The number of carbonyl (C=O) groups is 2. The van der Waals surface area contributed by atoms with Crippen LogP contribution in [0.2, 0.25) is 0 Å². The van der Waals surface area contributed by atoms with Gasteiger partial charge in [-0.3, -0.25) is 4.79 Å². The van der Waals surface area contributed by atoms with Crippen molar-refractivity contribution in [1.29, 1.82) is 0 Å². The second kappa shape index (κ2) is 7.14. The van der Waals surface area contributed by atoms with Crippen LogP contribution < -0.4 is 0 Å². The van der Waals surface area contributed by atoms with E-state index in [1.54, 1.807) is 24.4 Å². The third kappa shape index (κ3) is 3.23. The summed E-state index contributed by atoms with van der Waals surface area (Å²) < 4.78 is 5.05. The summed E-state index contributed by atoms with van der Waals surface area (Å²) in [6.45, 7) is 1.91. The Morgan fingerprint density at radius 3 is 2.58 bits per heavy atom. The molecule has 2 aromatic heterocycles. The molecule has 24 heavy (non-hydrogen) atoms. The summed E-state index contributed by atoms with van der Waals surface area (Å²) in [5.74, 6) is -0.536. The number of ether oxygens (including phenoxy) is 1. The Kier molecular flexibility index (Phi) is 4.77. The number of rotatable bonds is 5. The summed E-state index contributed by atoms with van der Waals surface area (Å²) >= 11 is 1.30. The minimum Gasteiger partial charge on any atom is -0.461 e. The number of ketones is 1. The van der Waals surface area contributed by atoms with E-state index in [1.165, 1.54) is 17.5 Å². The summed E-state index contributed by atoms with van der Waals surface area (Å²) in [5.41, 5.74) is 0.901. The van der Waals surface area contributed by atoms with Gasteiger partial charge in [-0.25, -0.2) is 14.8 Å². The van der Waals surface area contributed by atoms with E-state index in [0.29, 0.717) is 10.7 Å². The van der Waals surface area contributed by atoms with Gasteiger partial charge in [-0.05, 0) is 18.4 Å². The third-order valence-electron chi connectivity index (χ3n) is 3.28. The first-order valence-electron chi connectivity index (χ1n) is 7.38. The number of thiophene rings is 1. The smallest absolute Gasteiger partial charge is 0.357 e. The summed E-state index contributed by atoms with van der Waals surface area (Å²) in [6, 6.07) is 12.7. The van der Waals surface area contributed by atoms with E-state index in [-0.39, 0.29) is 23.6 Å². The van der Waals surface area contributed by atoms with Crippen LogP contribution in [0.1, 0.15) is 32.6 Å². The minimum atomic E-state index is -0.628. The lowest BCUT2D eigenvalue weighted by molar-refractivity contribution is 0.0516. The highest BCUT2D eigenvalue weighted by Crippen LogP contribution is 2.21. The van der Waals surface area contributed by atoms with Crippen LogP contribution in [0.15, 0.2) is 54.0 Å². The van der Waals surface area contributed by atoms with E-state index >= 15 is 0 Å². The van der Waals surface area contributed by atoms with Gasteiger partial charge in [0.25, 0.3) is 0 Å².